The molecule has 0 amide bonds. The predicted molar refractivity (Wildman–Crippen MR) is 70.1 cm³/mol. The van der Waals surface area contributed by atoms with Gasteiger partial charge in [-0.25, -0.2) is 4.98 Å². The van der Waals surface area contributed by atoms with Gasteiger partial charge in [0.15, 0.2) is 0 Å². The third-order valence-electron chi connectivity index (χ3n) is 4.01. The molecule has 9 heteroatoms. The van der Waals surface area contributed by atoms with E-state index in [-0.39, 0.29) is 5.89 Å². The van der Waals surface area contributed by atoms with Crippen LogP contribution in [-0.4, -0.2) is 40.4 Å². The Morgan fingerprint density at radius 1 is 1.27 bits per heavy atom. The summed E-state index contributed by atoms with van der Waals surface area (Å²) in [7, 11) is 0. The maximum Gasteiger partial charge on any atom is 0.470 e. The largest absolute Gasteiger partial charge is 0.470 e. The summed E-state index contributed by atoms with van der Waals surface area (Å²) in [5, 5.41) is 9.83. The predicted octanol–water partition coefficient (Wildman–Crippen LogP) is 1.70. The molecule has 2 aliphatic heterocycles. The maximum atomic E-state index is 12.4. The van der Waals surface area contributed by atoms with Gasteiger partial charge in [0.2, 0.25) is 5.89 Å². The fraction of sp³-hybridized carbons (Fsp3) is 0.462. The molecule has 116 valence electrons. The summed E-state index contributed by atoms with van der Waals surface area (Å²) in [4.78, 5) is 6.52. The highest BCUT2D eigenvalue weighted by atomic mass is 19.4. The lowest BCUT2D eigenvalue weighted by molar-refractivity contribution is -0.156. The second-order valence-corrected chi connectivity index (χ2v) is 5.46. The molecule has 2 aromatic rings. The molecule has 2 atom stereocenters. The molecular formula is C13H12F3N5O. The molecule has 0 spiro atoms. The van der Waals surface area contributed by atoms with Crippen molar-refractivity contribution in [1.82, 2.24) is 20.5 Å². The van der Waals surface area contributed by atoms with Crippen molar-refractivity contribution in [2.45, 2.75) is 24.7 Å². The van der Waals surface area contributed by atoms with Crippen LogP contribution in [0.25, 0.3) is 11.5 Å². The number of pyridine rings is 1. The summed E-state index contributed by atoms with van der Waals surface area (Å²) >= 11 is 0. The Kier molecular flexibility index (Phi) is 2.86. The van der Waals surface area contributed by atoms with E-state index in [0.29, 0.717) is 17.6 Å². The molecule has 2 aromatic heterocycles. The molecule has 2 saturated heterocycles. The highest BCUT2D eigenvalue weighted by molar-refractivity contribution is 5.55. The van der Waals surface area contributed by atoms with Crippen molar-refractivity contribution in [2.75, 3.05) is 18.0 Å². The summed E-state index contributed by atoms with van der Waals surface area (Å²) in [6.45, 7) is 1.84. The van der Waals surface area contributed by atoms with Crippen LogP contribution >= 0.6 is 0 Å². The monoisotopic (exact) mass is 311 g/mol. The van der Waals surface area contributed by atoms with Gasteiger partial charge < -0.3 is 14.6 Å². The molecule has 2 aliphatic rings. The summed E-state index contributed by atoms with van der Waals surface area (Å²) in [5.74, 6) is -0.723. The lowest BCUT2D eigenvalue weighted by Gasteiger charge is -2.28. The first-order valence-corrected chi connectivity index (χ1v) is 6.88. The highest BCUT2D eigenvalue weighted by Crippen LogP contribution is 2.31. The number of alkyl halides is 3. The first-order valence-electron chi connectivity index (χ1n) is 6.88. The van der Waals surface area contributed by atoms with Gasteiger partial charge in [0.25, 0.3) is 0 Å². The van der Waals surface area contributed by atoms with E-state index in [1.807, 2.05) is 0 Å². The molecule has 22 heavy (non-hydrogen) atoms. The molecule has 0 aromatic carbocycles. The quantitative estimate of drug-likeness (QED) is 0.910. The van der Waals surface area contributed by atoms with Crippen molar-refractivity contribution in [1.29, 1.82) is 0 Å². The molecule has 1 N–H and O–H groups in total. The Labute approximate surface area is 123 Å². The molecule has 0 aliphatic carbocycles. The number of halogens is 3. The standard InChI is InChI=1S/C13H12F3N5O/c14-13(15,16)12-20-19-11(22-12)7-1-2-10(18-4-7)21-6-8-3-9(21)5-17-8/h1-2,4,8-9,17H,3,5-6H2. The van der Waals surface area contributed by atoms with E-state index in [9.17, 15) is 13.2 Å². The fourth-order valence-corrected chi connectivity index (χ4v) is 2.98. The van der Waals surface area contributed by atoms with Crippen molar-refractivity contribution in [3.63, 3.8) is 0 Å². The van der Waals surface area contributed by atoms with Crippen molar-refractivity contribution in [3.05, 3.63) is 24.2 Å². The van der Waals surface area contributed by atoms with Crippen molar-refractivity contribution in [2.24, 2.45) is 0 Å². The average Bonchev–Trinajstić information content (AvgIpc) is 3.22. The molecule has 0 radical (unpaired) electrons. The fourth-order valence-electron chi connectivity index (χ4n) is 2.98. The minimum atomic E-state index is -4.64. The molecule has 2 fully saturated rings. The minimum absolute atomic E-state index is 0.184. The van der Waals surface area contributed by atoms with E-state index in [0.717, 1.165) is 25.3 Å². The van der Waals surface area contributed by atoms with Gasteiger partial charge in [-0.2, -0.15) is 13.2 Å². The van der Waals surface area contributed by atoms with Crippen LogP contribution in [0.15, 0.2) is 22.7 Å². The molecule has 4 heterocycles. The van der Waals surface area contributed by atoms with E-state index in [2.05, 4.69) is 29.8 Å². The lowest BCUT2D eigenvalue weighted by Crippen LogP contribution is -2.43. The zero-order chi connectivity index (χ0) is 15.3. The van der Waals surface area contributed by atoms with E-state index < -0.39 is 12.1 Å². The van der Waals surface area contributed by atoms with E-state index in [1.54, 1.807) is 12.1 Å². The normalized spacial score (nSPS) is 24.2. The average molecular weight is 311 g/mol. The van der Waals surface area contributed by atoms with Gasteiger partial charge in [-0.05, 0) is 18.6 Å². The number of rotatable bonds is 2. The van der Waals surface area contributed by atoms with Crippen LogP contribution in [0.1, 0.15) is 12.3 Å². The number of hydrogen-bond acceptors (Lipinski definition) is 6. The smallest absolute Gasteiger partial charge is 0.413 e. The minimum Gasteiger partial charge on any atom is -0.413 e. The number of fused-ring (bicyclic) bond motifs is 2. The van der Waals surface area contributed by atoms with Gasteiger partial charge in [-0.1, -0.05) is 0 Å². The van der Waals surface area contributed by atoms with Crippen LogP contribution in [0.3, 0.4) is 0 Å². The number of anilines is 1. The second-order valence-electron chi connectivity index (χ2n) is 5.46. The SMILES string of the molecule is FC(F)(F)c1nnc(-c2ccc(N3CC4CC3CN4)nc2)o1. The van der Waals surface area contributed by atoms with Gasteiger partial charge >= 0.3 is 12.1 Å². The van der Waals surface area contributed by atoms with Crippen molar-refractivity contribution < 1.29 is 17.6 Å². The third kappa shape index (κ3) is 2.21. The zero-order valence-corrected chi connectivity index (χ0v) is 11.3. The van der Waals surface area contributed by atoms with E-state index >= 15 is 0 Å². The Bertz CT molecular complexity index is 684. The summed E-state index contributed by atoms with van der Waals surface area (Å²) in [6, 6.07) is 4.35. The third-order valence-corrected chi connectivity index (χ3v) is 4.01. The molecule has 0 saturated carbocycles. The maximum absolute atomic E-state index is 12.4. The van der Waals surface area contributed by atoms with E-state index in [4.69, 9.17) is 0 Å². The number of nitrogens with zero attached hydrogens (tertiary/aromatic N) is 4. The molecule has 4 rings (SSSR count). The van der Waals surface area contributed by atoms with Crippen LogP contribution in [0, 0.1) is 0 Å². The number of piperazine rings is 1. The summed E-state index contributed by atoms with van der Waals surface area (Å²) in [5.41, 5.74) is 0.370. The molecular weight excluding hydrogens is 299 g/mol. The van der Waals surface area contributed by atoms with Gasteiger partial charge in [0.1, 0.15) is 5.82 Å². The van der Waals surface area contributed by atoms with Crippen molar-refractivity contribution in [3.8, 4) is 11.5 Å². The first-order chi connectivity index (χ1) is 10.5. The van der Waals surface area contributed by atoms with Crippen LogP contribution in [0.2, 0.25) is 0 Å². The molecule has 2 unspecified atom stereocenters. The van der Waals surface area contributed by atoms with Crippen LogP contribution in [0.4, 0.5) is 19.0 Å². The Balaban J connectivity index is 1.56. The summed E-state index contributed by atoms with van der Waals surface area (Å²) < 4.78 is 42.0. The Hall–Kier alpha value is -2.16. The Morgan fingerprint density at radius 2 is 2.14 bits per heavy atom. The van der Waals surface area contributed by atoms with Gasteiger partial charge in [0.05, 0.1) is 5.56 Å². The van der Waals surface area contributed by atoms with E-state index in [1.165, 1.54) is 6.20 Å². The van der Waals surface area contributed by atoms with Gasteiger partial charge in [-0.15, -0.1) is 10.2 Å². The molecule has 2 bridgehead atoms. The second kappa shape index (κ2) is 4.67. The van der Waals surface area contributed by atoms with Crippen molar-refractivity contribution >= 4 is 5.82 Å². The number of hydrogen-bond donors (Lipinski definition) is 1. The van der Waals surface area contributed by atoms with Gasteiger partial charge in [0, 0.05) is 31.4 Å². The summed E-state index contributed by atoms with van der Waals surface area (Å²) in [6.07, 6.45) is -2.08. The van der Waals surface area contributed by atoms with Gasteiger partial charge in [-0.3, -0.25) is 0 Å². The highest BCUT2D eigenvalue weighted by Gasteiger charge is 2.39. The zero-order valence-electron chi connectivity index (χ0n) is 11.3. The topological polar surface area (TPSA) is 67.1 Å². The first kappa shape index (κ1) is 13.5. The van der Waals surface area contributed by atoms with Crippen LogP contribution in [-0.2, 0) is 6.18 Å². The number of aromatic nitrogens is 3. The Morgan fingerprint density at radius 3 is 2.68 bits per heavy atom. The molecule has 6 nitrogen and oxygen atoms in total. The van der Waals surface area contributed by atoms with Crippen LogP contribution < -0.4 is 10.2 Å². The lowest BCUT2D eigenvalue weighted by atomic mass is 10.2. The number of nitrogens with one attached hydrogen (secondary N) is 1. The van der Waals surface area contributed by atoms with Crippen LogP contribution in [0.5, 0.6) is 0 Å².